The first-order valence-corrected chi connectivity index (χ1v) is 27.5. The van der Waals surface area contributed by atoms with E-state index in [9.17, 15) is 43.5 Å². The number of likely N-dealkylation sites (tertiary alicyclic amines) is 1. The highest BCUT2D eigenvalue weighted by atomic mass is 16.6. The molecular formula is C57H92N10O12. The van der Waals surface area contributed by atoms with Gasteiger partial charge in [-0.2, -0.15) is 0 Å². The summed E-state index contributed by atoms with van der Waals surface area (Å²) in [5, 5.41) is 24.7. The molecule has 1 fully saturated rings. The number of carbonyl (C=O) groups excluding carboxylic acids is 8. The third kappa shape index (κ3) is 19.5. The maximum Gasteiger partial charge on any atom is 0.410 e. The lowest BCUT2D eigenvalue weighted by Gasteiger charge is -2.40. The monoisotopic (exact) mass is 1110 g/mol. The summed E-state index contributed by atoms with van der Waals surface area (Å²) < 4.78 is 17.6. The van der Waals surface area contributed by atoms with Gasteiger partial charge in [-0.05, 0) is 79.5 Å². The minimum absolute atomic E-state index is 0.0809. The van der Waals surface area contributed by atoms with Crippen LogP contribution in [0.1, 0.15) is 119 Å². The van der Waals surface area contributed by atoms with Crippen molar-refractivity contribution >= 4 is 53.3 Å². The number of ether oxygens (including phenoxy) is 3. The fourth-order valence-corrected chi connectivity index (χ4v) is 10.1. The lowest BCUT2D eigenvalue weighted by atomic mass is 9.91. The number of primary amides is 1. The molecule has 2 aromatic rings. The van der Waals surface area contributed by atoms with Crippen molar-refractivity contribution in [1.82, 2.24) is 36.0 Å². The number of likely N-dealkylation sites (N-methyl/N-ethyl adjacent to an activating group) is 2. The summed E-state index contributed by atoms with van der Waals surface area (Å²) in [6, 6.07) is 9.34. The number of aliphatic hydroxyl groups excluding tert-OH is 1. The van der Waals surface area contributed by atoms with Crippen LogP contribution in [0.15, 0.2) is 54.6 Å². The molecule has 1 aliphatic rings. The zero-order valence-corrected chi connectivity index (χ0v) is 48.9. The summed E-state index contributed by atoms with van der Waals surface area (Å²) in [5.74, 6) is -4.39. The number of amides is 9. The maximum absolute atomic E-state index is 14.6. The average Bonchev–Trinajstić information content (AvgIpc) is 3.90. The highest BCUT2D eigenvalue weighted by molar-refractivity contribution is 5.98. The van der Waals surface area contributed by atoms with Gasteiger partial charge in [0, 0.05) is 47.1 Å². The summed E-state index contributed by atoms with van der Waals surface area (Å²) in [7, 11) is 6.08. The molecule has 2 aromatic carbocycles. The molecule has 10 N–H and O–H groups in total. The second-order valence-corrected chi connectivity index (χ2v) is 22.1. The van der Waals surface area contributed by atoms with Crippen LogP contribution >= 0.6 is 0 Å². The predicted octanol–water partition coefficient (Wildman–Crippen LogP) is 4.04. The number of aliphatic hydroxyl groups is 1. The van der Waals surface area contributed by atoms with Crippen LogP contribution in [0.4, 0.5) is 15.3 Å². The number of nitrogens with one attached hydrogen (secondary N) is 5. The van der Waals surface area contributed by atoms with E-state index >= 15 is 0 Å². The highest BCUT2D eigenvalue weighted by Gasteiger charge is 2.43. The Balaban J connectivity index is 1.68. The van der Waals surface area contributed by atoms with E-state index in [0.29, 0.717) is 42.6 Å². The molecule has 11 atom stereocenters. The third-order valence-electron chi connectivity index (χ3n) is 14.7. The molecule has 1 aliphatic heterocycles. The molecule has 0 unspecified atom stereocenters. The molecule has 1 saturated heterocycles. The van der Waals surface area contributed by atoms with Crippen molar-refractivity contribution < 1.29 is 57.7 Å². The van der Waals surface area contributed by atoms with E-state index in [0.717, 1.165) is 0 Å². The molecule has 22 nitrogen and oxygen atoms in total. The fourth-order valence-electron chi connectivity index (χ4n) is 10.1. The predicted molar refractivity (Wildman–Crippen MR) is 300 cm³/mol. The van der Waals surface area contributed by atoms with Gasteiger partial charge in [0.2, 0.25) is 35.4 Å². The van der Waals surface area contributed by atoms with Crippen LogP contribution in [-0.2, 0) is 49.6 Å². The van der Waals surface area contributed by atoms with E-state index in [-0.39, 0.29) is 49.6 Å². The smallest absolute Gasteiger partial charge is 0.410 e. The van der Waals surface area contributed by atoms with Crippen LogP contribution in [0.25, 0.3) is 0 Å². The van der Waals surface area contributed by atoms with Gasteiger partial charge in [-0.15, -0.1) is 0 Å². The first kappa shape index (κ1) is 66.9. The highest BCUT2D eigenvalue weighted by Crippen LogP contribution is 2.30. The molecule has 79 heavy (non-hydrogen) atoms. The van der Waals surface area contributed by atoms with E-state index in [1.807, 2.05) is 32.0 Å². The zero-order chi connectivity index (χ0) is 59.4. The standard InChI is InChI=1S/C57H92N10O12/c1-32(2)45(58)53(72)63-41(22-18-28-60-56(59)75)52(71)62-40-26-24-38(25-27-40)31-79-57(76)66(12)48(35(7)8)54(73)64-46(33(3)4)55(74)65(11)47(34(5)6)43(77-13)30-44(68)67-29-19-23-42(67)50(78-14)36(9)51(70)61-37(10)49(69)39-20-16-15-17-21-39/h15-17,20-21,24-27,32-37,41-43,45-50,69H,18-19,22-23,28-31,58H2,1-14H3,(H,61,70)(H,62,71)(H,63,72)(H,64,73)(H3,59,60,75)/t36-,37-,41+,42+,43-,45+,46+,47+,48+,49-,50-/m1/s1. The van der Waals surface area contributed by atoms with Gasteiger partial charge in [-0.1, -0.05) is 105 Å². The minimum atomic E-state index is -1.05. The molecule has 0 radical (unpaired) electrons. The number of urea groups is 1. The number of hydrogen-bond acceptors (Lipinski definition) is 13. The number of rotatable bonds is 30. The van der Waals surface area contributed by atoms with E-state index in [4.69, 9.17) is 25.7 Å². The molecule has 22 heteroatoms. The van der Waals surface area contributed by atoms with Crippen LogP contribution < -0.4 is 38.1 Å². The molecule has 442 valence electrons. The van der Waals surface area contributed by atoms with Crippen LogP contribution in [-0.4, -0.2) is 163 Å². The largest absolute Gasteiger partial charge is 0.445 e. The van der Waals surface area contributed by atoms with Crippen LogP contribution in [0.5, 0.6) is 0 Å². The molecule has 0 spiro atoms. The second kappa shape index (κ2) is 32.0. The summed E-state index contributed by atoms with van der Waals surface area (Å²) in [6.07, 6.45) is -1.38. The Kier molecular flexibility index (Phi) is 27.1. The normalized spacial score (nSPS) is 17.3. The molecule has 0 saturated carbocycles. The van der Waals surface area contributed by atoms with Gasteiger partial charge < -0.3 is 67.2 Å². The van der Waals surface area contributed by atoms with Gasteiger partial charge in [0.1, 0.15) is 24.7 Å². The Labute approximate surface area is 467 Å². The molecule has 0 aliphatic carbocycles. The van der Waals surface area contributed by atoms with Gasteiger partial charge in [0.25, 0.3) is 0 Å². The van der Waals surface area contributed by atoms with Gasteiger partial charge in [-0.25, -0.2) is 9.59 Å². The summed E-state index contributed by atoms with van der Waals surface area (Å²) in [6.45, 7) is 18.5. The number of hydrogen-bond donors (Lipinski definition) is 8. The van der Waals surface area contributed by atoms with E-state index < -0.39 is 114 Å². The van der Waals surface area contributed by atoms with Crippen molar-refractivity contribution in [3.8, 4) is 0 Å². The molecule has 3 rings (SSSR count). The van der Waals surface area contributed by atoms with E-state index in [1.54, 1.807) is 104 Å². The number of anilines is 1. The number of nitrogens with two attached hydrogens (primary N) is 2. The average molecular weight is 1110 g/mol. The second-order valence-electron chi connectivity index (χ2n) is 22.1. The lowest BCUT2D eigenvalue weighted by molar-refractivity contribution is -0.147. The Bertz CT molecular complexity index is 2300. The Morgan fingerprint density at radius 3 is 1.92 bits per heavy atom. The third-order valence-corrected chi connectivity index (χ3v) is 14.7. The number of methoxy groups -OCH3 is 2. The van der Waals surface area contributed by atoms with Gasteiger partial charge in [0.15, 0.2) is 0 Å². The van der Waals surface area contributed by atoms with Crippen molar-refractivity contribution in [3.05, 3.63) is 65.7 Å². The fraction of sp³-hybridized carbons (Fsp3) is 0.649. The van der Waals surface area contributed by atoms with Gasteiger partial charge >= 0.3 is 12.1 Å². The van der Waals surface area contributed by atoms with Crippen molar-refractivity contribution in [3.63, 3.8) is 0 Å². The summed E-state index contributed by atoms with van der Waals surface area (Å²) in [4.78, 5) is 112. The zero-order valence-electron chi connectivity index (χ0n) is 48.9. The molecule has 0 bridgehead atoms. The number of benzene rings is 2. The minimum Gasteiger partial charge on any atom is -0.445 e. The van der Waals surface area contributed by atoms with E-state index in [1.165, 1.54) is 31.1 Å². The quantitative estimate of drug-likeness (QED) is 0.0513. The van der Waals surface area contributed by atoms with Crippen molar-refractivity contribution in [2.45, 2.75) is 169 Å². The lowest BCUT2D eigenvalue weighted by Crippen LogP contribution is -2.60. The van der Waals surface area contributed by atoms with Crippen LogP contribution in [0, 0.1) is 29.6 Å². The van der Waals surface area contributed by atoms with Crippen molar-refractivity contribution in [2.75, 3.05) is 46.7 Å². The first-order valence-electron chi connectivity index (χ1n) is 27.5. The Hall–Kier alpha value is -6.36. The van der Waals surface area contributed by atoms with Crippen molar-refractivity contribution in [2.24, 2.45) is 41.1 Å². The summed E-state index contributed by atoms with van der Waals surface area (Å²) >= 11 is 0. The Morgan fingerprint density at radius 1 is 0.747 bits per heavy atom. The van der Waals surface area contributed by atoms with E-state index in [2.05, 4.69) is 26.6 Å². The molecular weight excluding hydrogens is 1020 g/mol. The molecule has 9 amide bonds. The summed E-state index contributed by atoms with van der Waals surface area (Å²) in [5.41, 5.74) is 12.8. The topological polar surface area (TPSA) is 306 Å². The Morgan fingerprint density at radius 2 is 1.38 bits per heavy atom. The number of nitrogens with zero attached hydrogens (tertiary/aromatic N) is 3. The number of carbonyl (C=O) groups is 8. The first-order chi connectivity index (χ1) is 37.2. The SMILES string of the molecule is CO[C@H]([C@@H](C)C(=O)N[C@H](C)[C@@H](O)c1ccccc1)[C@@H]1CCCN1C(=O)C[C@@H](OC)[C@H](C(C)C)N(C)C(=O)[C@@H](NC(=O)[C@H](C(C)C)N(C)C(=O)OCc1ccc(NC(=O)[C@H](CCCNC(N)=O)NC(=O)[C@@H](N)C(C)C)cc1)C(C)C. The van der Waals surface area contributed by atoms with Crippen molar-refractivity contribution in [1.29, 1.82) is 0 Å². The molecule has 0 aromatic heterocycles. The van der Waals surface area contributed by atoms with Gasteiger partial charge in [-0.3, -0.25) is 33.7 Å². The molecule has 1 heterocycles. The van der Waals surface area contributed by atoms with Crippen LogP contribution in [0.2, 0.25) is 0 Å². The van der Waals surface area contributed by atoms with Gasteiger partial charge in [0.05, 0.1) is 54.8 Å². The van der Waals surface area contributed by atoms with Crippen LogP contribution in [0.3, 0.4) is 0 Å². The maximum atomic E-state index is 14.6.